The lowest BCUT2D eigenvalue weighted by atomic mass is 10.1. The molecule has 0 unspecified atom stereocenters. The Morgan fingerprint density at radius 1 is 1.21 bits per heavy atom. The number of hydrogen-bond donors (Lipinski definition) is 1. The molecule has 0 spiro atoms. The Morgan fingerprint density at radius 2 is 1.93 bits per heavy atom. The van der Waals surface area contributed by atoms with Gasteiger partial charge >= 0.3 is 0 Å². The van der Waals surface area contributed by atoms with Gasteiger partial charge in [0.2, 0.25) is 0 Å². The number of nitro benzene ring substituents is 1. The molecule has 0 aliphatic carbocycles. The minimum absolute atomic E-state index is 0.0155. The largest absolute Gasteiger partial charge is 0.457 e. The summed E-state index contributed by atoms with van der Waals surface area (Å²) in [5.41, 5.74) is 1.05. The quantitative estimate of drug-likeness (QED) is 0.239. The van der Waals surface area contributed by atoms with E-state index in [0.29, 0.717) is 17.1 Å². The number of nitro groups is 1. The van der Waals surface area contributed by atoms with Crippen LogP contribution in [0.4, 0.5) is 11.4 Å². The van der Waals surface area contributed by atoms with E-state index >= 15 is 0 Å². The average Bonchev–Trinajstić information content (AvgIpc) is 3.16. The van der Waals surface area contributed by atoms with Gasteiger partial charge in [-0.3, -0.25) is 14.9 Å². The summed E-state index contributed by atoms with van der Waals surface area (Å²) in [6, 6.07) is 17.1. The van der Waals surface area contributed by atoms with Gasteiger partial charge in [-0.1, -0.05) is 34.1 Å². The molecule has 3 aromatic rings. The van der Waals surface area contributed by atoms with Crippen LogP contribution >= 0.6 is 15.9 Å². The van der Waals surface area contributed by atoms with Crippen LogP contribution in [0.2, 0.25) is 0 Å². The average molecular weight is 452 g/mol. The smallest absolute Gasteiger partial charge is 0.293 e. The summed E-state index contributed by atoms with van der Waals surface area (Å²) in [5, 5.41) is 23.0. The Balaban J connectivity index is 1.84. The van der Waals surface area contributed by atoms with Crippen LogP contribution in [0.15, 0.2) is 69.1 Å². The highest BCUT2D eigenvalue weighted by molar-refractivity contribution is 9.10. The molecule has 0 aliphatic rings. The zero-order valence-corrected chi connectivity index (χ0v) is 16.8. The number of rotatable bonds is 5. The molecule has 0 aliphatic heterocycles. The predicted octanol–water partition coefficient (Wildman–Crippen LogP) is 5.47. The molecular weight excluding hydrogens is 438 g/mol. The van der Waals surface area contributed by atoms with Crippen LogP contribution in [-0.4, -0.2) is 10.8 Å². The predicted molar refractivity (Wildman–Crippen MR) is 112 cm³/mol. The molecular formula is C21H14BrN3O4. The van der Waals surface area contributed by atoms with Crippen molar-refractivity contribution in [3.63, 3.8) is 0 Å². The minimum Gasteiger partial charge on any atom is -0.457 e. The van der Waals surface area contributed by atoms with Crippen molar-refractivity contribution in [3.05, 3.63) is 86.1 Å². The van der Waals surface area contributed by atoms with Crippen LogP contribution in [0, 0.1) is 28.4 Å². The lowest BCUT2D eigenvalue weighted by molar-refractivity contribution is -0.384. The molecule has 1 N–H and O–H groups in total. The summed E-state index contributed by atoms with van der Waals surface area (Å²) in [6.07, 6.45) is 1.29. The van der Waals surface area contributed by atoms with E-state index in [1.165, 1.54) is 18.2 Å². The van der Waals surface area contributed by atoms with E-state index in [4.69, 9.17) is 4.42 Å². The zero-order chi connectivity index (χ0) is 21.0. The Labute approximate surface area is 174 Å². The van der Waals surface area contributed by atoms with Gasteiger partial charge in [0.05, 0.1) is 4.92 Å². The highest BCUT2D eigenvalue weighted by atomic mass is 79.9. The molecule has 0 fully saturated rings. The van der Waals surface area contributed by atoms with Crippen molar-refractivity contribution in [1.82, 2.24) is 0 Å². The summed E-state index contributed by atoms with van der Waals surface area (Å²) in [6.45, 7) is 1.71. The fourth-order valence-electron chi connectivity index (χ4n) is 2.58. The Hall–Kier alpha value is -3.70. The molecule has 2 aromatic carbocycles. The van der Waals surface area contributed by atoms with E-state index in [1.807, 2.05) is 24.3 Å². The first-order valence-electron chi connectivity index (χ1n) is 8.41. The lowest BCUT2D eigenvalue weighted by Crippen LogP contribution is -2.14. The molecule has 0 radical (unpaired) electrons. The fraction of sp³-hybridized carbons (Fsp3) is 0.0476. The molecule has 0 atom stereocenters. The minimum atomic E-state index is -0.763. The van der Waals surface area contributed by atoms with E-state index < -0.39 is 10.8 Å². The van der Waals surface area contributed by atoms with Crippen LogP contribution in [0.5, 0.6) is 0 Å². The van der Waals surface area contributed by atoms with Crippen molar-refractivity contribution >= 4 is 39.3 Å². The van der Waals surface area contributed by atoms with Crippen LogP contribution in [-0.2, 0) is 4.79 Å². The first-order chi connectivity index (χ1) is 13.9. The number of furan rings is 1. The van der Waals surface area contributed by atoms with Crippen molar-refractivity contribution in [2.75, 3.05) is 5.32 Å². The van der Waals surface area contributed by atoms with Crippen LogP contribution < -0.4 is 5.32 Å². The summed E-state index contributed by atoms with van der Waals surface area (Å²) in [4.78, 5) is 23.1. The van der Waals surface area contributed by atoms with Gasteiger partial charge in [-0.25, -0.2) is 0 Å². The van der Waals surface area contributed by atoms with Gasteiger partial charge in [0.1, 0.15) is 28.9 Å². The van der Waals surface area contributed by atoms with Crippen molar-refractivity contribution in [3.8, 4) is 17.4 Å². The number of benzene rings is 2. The molecule has 0 saturated heterocycles. The number of anilines is 1. The first kappa shape index (κ1) is 20.0. The van der Waals surface area contributed by atoms with Crippen molar-refractivity contribution in [2.45, 2.75) is 6.92 Å². The van der Waals surface area contributed by atoms with Gasteiger partial charge in [0, 0.05) is 22.2 Å². The maximum absolute atomic E-state index is 12.5. The van der Waals surface area contributed by atoms with Crippen molar-refractivity contribution in [2.24, 2.45) is 0 Å². The number of nitrogens with zero attached hydrogens (tertiary/aromatic N) is 2. The van der Waals surface area contributed by atoms with Crippen LogP contribution in [0.25, 0.3) is 17.4 Å². The maximum atomic E-state index is 12.5. The standard InChI is InChI=1S/C21H14BrN3O4/c1-13-2-8-18(19(10-13)25(27)28)24-21(26)15(12-23)11-17-7-9-20(29-17)14-3-5-16(22)6-4-14/h2-11H,1H3,(H,24,26). The van der Waals surface area contributed by atoms with Gasteiger partial charge < -0.3 is 9.73 Å². The van der Waals surface area contributed by atoms with Gasteiger partial charge in [-0.15, -0.1) is 0 Å². The SMILES string of the molecule is Cc1ccc(NC(=O)C(C#N)=Cc2ccc(-c3ccc(Br)cc3)o2)c([N+](=O)[O-])c1. The second-order valence-electron chi connectivity index (χ2n) is 6.11. The molecule has 3 rings (SSSR count). The molecule has 29 heavy (non-hydrogen) atoms. The number of carbonyl (C=O) groups excluding carboxylic acids is 1. The Kier molecular flexibility index (Phi) is 5.90. The molecule has 0 bridgehead atoms. The number of amides is 1. The van der Waals surface area contributed by atoms with E-state index in [9.17, 15) is 20.2 Å². The van der Waals surface area contributed by atoms with Gasteiger partial charge in [0.25, 0.3) is 11.6 Å². The second-order valence-corrected chi connectivity index (χ2v) is 7.03. The topological polar surface area (TPSA) is 109 Å². The fourth-order valence-corrected chi connectivity index (χ4v) is 2.84. The third-order valence-electron chi connectivity index (χ3n) is 4.01. The molecule has 1 heterocycles. The maximum Gasteiger partial charge on any atom is 0.293 e. The zero-order valence-electron chi connectivity index (χ0n) is 15.2. The monoisotopic (exact) mass is 451 g/mol. The van der Waals surface area contributed by atoms with E-state index in [1.54, 1.807) is 31.2 Å². The lowest BCUT2D eigenvalue weighted by Gasteiger charge is -2.05. The van der Waals surface area contributed by atoms with Gasteiger partial charge in [-0.05, 0) is 42.8 Å². The normalized spacial score (nSPS) is 11.0. The van der Waals surface area contributed by atoms with E-state index in [-0.39, 0.29) is 16.9 Å². The van der Waals surface area contributed by atoms with Crippen LogP contribution in [0.3, 0.4) is 0 Å². The number of nitrogens with one attached hydrogen (secondary N) is 1. The van der Waals surface area contributed by atoms with Gasteiger partial charge in [0.15, 0.2) is 0 Å². The second kappa shape index (κ2) is 8.54. The molecule has 7 nitrogen and oxygen atoms in total. The summed E-state index contributed by atoms with van der Waals surface area (Å²) in [5.74, 6) is 0.129. The number of aryl methyl sites for hydroxylation is 1. The number of halogens is 1. The first-order valence-corrected chi connectivity index (χ1v) is 9.20. The number of hydrogen-bond acceptors (Lipinski definition) is 5. The molecule has 1 aromatic heterocycles. The summed E-state index contributed by atoms with van der Waals surface area (Å²) < 4.78 is 6.62. The summed E-state index contributed by atoms with van der Waals surface area (Å²) >= 11 is 3.36. The Morgan fingerprint density at radius 3 is 2.59 bits per heavy atom. The number of carbonyl (C=O) groups is 1. The molecule has 0 saturated carbocycles. The highest BCUT2D eigenvalue weighted by Crippen LogP contribution is 2.27. The van der Waals surface area contributed by atoms with Gasteiger partial charge in [-0.2, -0.15) is 5.26 Å². The third-order valence-corrected chi connectivity index (χ3v) is 4.53. The van der Waals surface area contributed by atoms with Crippen LogP contribution in [0.1, 0.15) is 11.3 Å². The van der Waals surface area contributed by atoms with Crippen molar-refractivity contribution in [1.29, 1.82) is 5.26 Å². The van der Waals surface area contributed by atoms with Crippen molar-refractivity contribution < 1.29 is 14.1 Å². The molecule has 1 amide bonds. The summed E-state index contributed by atoms with van der Waals surface area (Å²) in [7, 11) is 0. The highest BCUT2D eigenvalue weighted by Gasteiger charge is 2.18. The molecule has 8 heteroatoms. The molecule has 144 valence electrons. The third kappa shape index (κ3) is 4.78. The number of nitriles is 1. The van der Waals surface area contributed by atoms with E-state index in [2.05, 4.69) is 21.2 Å². The Bertz CT molecular complexity index is 1160. The van der Waals surface area contributed by atoms with E-state index in [0.717, 1.165) is 10.0 Å².